The molecule has 0 bridgehead atoms. The molecule has 2 rings (SSSR count). The molecule has 0 amide bonds. The van der Waals surface area contributed by atoms with Crippen LogP contribution in [0.25, 0.3) is 5.69 Å². The first-order chi connectivity index (χ1) is 6.70. The molecule has 0 atom stereocenters. The second-order valence-electron chi connectivity index (χ2n) is 3.19. The summed E-state index contributed by atoms with van der Waals surface area (Å²) in [4.78, 5) is 11.5. The van der Waals surface area contributed by atoms with Crippen LogP contribution in [0.2, 0.25) is 0 Å². The number of para-hydroxylation sites is 1. The zero-order valence-corrected chi connectivity index (χ0v) is 8.19. The summed E-state index contributed by atoms with van der Waals surface area (Å²) >= 11 is 0. The fraction of sp³-hybridized carbons (Fsp3) is 0.182. The molecule has 0 saturated carbocycles. The summed E-state index contributed by atoms with van der Waals surface area (Å²) < 4.78 is 3.38. The lowest BCUT2D eigenvalue weighted by molar-refractivity contribution is 0.630. The minimum atomic E-state index is -0.115. The smallest absolute Gasteiger partial charge is 0.279 e. The van der Waals surface area contributed by atoms with Crippen LogP contribution in [0, 0.1) is 13.0 Å². The monoisotopic (exact) mass is 187 g/mol. The molecule has 1 heterocycles. The van der Waals surface area contributed by atoms with E-state index in [-0.39, 0.29) is 5.56 Å². The number of hydrogen-bond donors (Lipinski definition) is 0. The van der Waals surface area contributed by atoms with Crippen molar-refractivity contribution in [1.29, 1.82) is 0 Å². The Hall–Kier alpha value is -1.77. The van der Waals surface area contributed by atoms with E-state index in [2.05, 4.69) is 6.07 Å². The molecule has 0 saturated heterocycles. The van der Waals surface area contributed by atoms with Crippen LogP contribution in [0.5, 0.6) is 0 Å². The first-order valence-electron chi connectivity index (χ1n) is 4.43. The van der Waals surface area contributed by atoms with Crippen molar-refractivity contribution in [2.24, 2.45) is 7.05 Å². The van der Waals surface area contributed by atoms with Crippen LogP contribution in [0.1, 0.15) is 5.69 Å². The molecular weight excluding hydrogens is 176 g/mol. The van der Waals surface area contributed by atoms with Crippen LogP contribution in [0.15, 0.2) is 35.1 Å². The van der Waals surface area contributed by atoms with Crippen LogP contribution in [-0.2, 0) is 7.05 Å². The largest absolute Gasteiger partial charge is 0.285 e. The summed E-state index contributed by atoms with van der Waals surface area (Å²) in [5.41, 5.74) is 1.58. The average Bonchev–Trinajstić information content (AvgIpc) is 2.43. The lowest BCUT2D eigenvalue weighted by Gasteiger charge is -2.07. The minimum absolute atomic E-state index is 0.115. The molecule has 2 aromatic rings. The molecule has 0 unspecified atom stereocenters. The van der Waals surface area contributed by atoms with E-state index in [0.717, 1.165) is 11.4 Å². The van der Waals surface area contributed by atoms with Gasteiger partial charge in [-0.15, -0.1) is 0 Å². The first kappa shape index (κ1) is 8.81. The zero-order chi connectivity index (χ0) is 10.1. The van der Waals surface area contributed by atoms with Crippen molar-refractivity contribution in [1.82, 2.24) is 9.36 Å². The highest BCUT2D eigenvalue weighted by Crippen LogP contribution is 2.04. The van der Waals surface area contributed by atoms with Gasteiger partial charge >= 0.3 is 0 Å². The first-order valence-corrected chi connectivity index (χ1v) is 4.43. The van der Waals surface area contributed by atoms with Crippen LogP contribution < -0.4 is 5.56 Å². The van der Waals surface area contributed by atoms with Crippen molar-refractivity contribution in [3.63, 3.8) is 0 Å². The minimum Gasteiger partial charge on any atom is -0.285 e. The van der Waals surface area contributed by atoms with Gasteiger partial charge in [-0.3, -0.25) is 9.48 Å². The van der Waals surface area contributed by atoms with Crippen molar-refractivity contribution in [2.75, 3.05) is 0 Å². The lowest BCUT2D eigenvalue weighted by Crippen LogP contribution is -2.19. The summed E-state index contributed by atoms with van der Waals surface area (Å²) in [5, 5.41) is 0. The van der Waals surface area contributed by atoms with Gasteiger partial charge in [-0.05, 0) is 19.1 Å². The van der Waals surface area contributed by atoms with E-state index >= 15 is 0 Å². The highest BCUT2D eigenvalue weighted by Gasteiger charge is 2.05. The van der Waals surface area contributed by atoms with Gasteiger partial charge in [-0.2, -0.15) is 0 Å². The van der Waals surface area contributed by atoms with E-state index in [4.69, 9.17) is 0 Å². The molecular formula is C11H11N2O. The van der Waals surface area contributed by atoms with Crippen molar-refractivity contribution in [3.05, 3.63) is 52.4 Å². The standard InChI is InChI=1S/C11H11N2O/c1-9-8-11(14)13(12(9)2)10-6-4-3-5-7-10/h3-7H,1-2H3. The Morgan fingerprint density at radius 2 is 1.86 bits per heavy atom. The number of benzene rings is 1. The Kier molecular flexibility index (Phi) is 2.00. The fourth-order valence-corrected chi connectivity index (χ4v) is 1.43. The van der Waals surface area contributed by atoms with Gasteiger partial charge in [0.05, 0.1) is 11.8 Å². The van der Waals surface area contributed by atoms with Crippen molar-refractivity contribution >= 4 is 0 Å². The van der Waals surface area contributed by atoms with Gasteiger partial charge < -0.3 is 0 Å². The summed E-state index contributed by atoms with van der Waals surface area (Å²) in [6.45, 7) is 1.86. The second kappa shape index (κ2) is 3.18. The third kappa shape index (κ3) is 1.27. The zero-order valence-electron chi connectivity index (χ0n) is 8.19. The lowest BCUT2D eigenvalue weighted by atomic mass is 10.3. The Bertz CT molecular complexity index is 494. The van der Waals surface area contributed by atoms with Gasteiger partial charge in [0.1, 0.15) is 0 Å². The Morgan fingerprint density at radius 1 is 1.21 bits per heavy atom. The van der Waals surface area contributed by atoms with Crippen molar-refractivity contribution in [3.8, 4) is 5.69 Å². The molecule has 71 valence electrons. The second-order valence-corrected chi connectivity index (χ2v) is 3.19. The molecule has 14 heavy (non-hydrogen) atoms. The molecule has 1 aromatic carbocycles. The summed E-state index contributed by atoms with van der Waals surface area (Å²) in [7, 11) is 1.85. The molecule has 0 N–H and O–H groups in total. The predicted molar refractivity (Wildman–Crippen MR) is 54.6 cm³/mol. The Morgan fingerprint density at radius 3 is 2.36 bits per heavy atom. The summed E-state index contributed by atoms with van der Waals surface area (Å²) in [6, 6.07) is 12.3. The number of hydrogen-bond acceptors (Lipinski definition) is 1. The normalized spacial score (nSPS) is 10.4. The Balaban J connectivity index is 2.69. The number of rotatable bonds is 1. The molecule has 0 aliphatic carbocycles. The van der Waals surface area contributed by atoms with Gasteiger partial charge in [0.25, 0.3) is 5.56 Å². The maximum absolute atomic E-state index is 11.5. The van der Waals surface area contributed by atoms with Gasteiger partial charge in [-0.25, -0.2) is 4.68 Å². The number of aryl methyl sites for hydroxylation is 1. The van der Waals surface area contributed by atoms with Gasteiger partial charge in [0.15, 0.2) is 0 Å². The molecule has 1 aromatic heterocycles. The quantitative estimate of drug-likeness (QED) is 0.660. The molecule has 0 aliphatic rings. The maximum Gasteiger partial charge on any atom is 0.279 e. The van der Waals surface area contributed by atoms with E-state index in [9.17, 15) is 4.79 Å². The SMILES string of the molecule is Cc1[c]c(=O)n(-c2ccccc2)n1C. The van der Waals surface area contributed by atoms with Gasteiger partial charge in [0, 0.05) is 12.7 Å². The molecule has 1 radical (unpaired) electrons. The van der Waals surface area contributed by atoms with Crippen LogP contribution in [0.3, 0.4) is 0 Å². The molecule has 0 spiro atoms. The highest BCUT2D eigenvalue weighted by atomic mass is 16.1. The number of aromatic nitrogens is 2. The third-order valence-electron chi connectivity index (χ3n) is 2.27. The van der Waals surface area contributed by atoms with E-state index in [1.807, 2.05) is 44.3 Å². The van der Waals surface area contributed by atoms with Crippen LogP contribution >= 0.6 is 0 Å². The van der Waals surface area contributed by atoms with E-state index in [1.54, 1.807) is 9.36 Å². The topological polar surface area (TPSA) is 26.9 Å². The molecule has 0 fully saturated rings. The van der Waals surface area contributed by atoms with Crippen LogP contribution in [0.4, 0.5) is 0 Å². The number of nitrogens with zero attached hydrogens (tertiary/aromatic N) is 2. The predicted octanol–water partition coefficient (Wildman–Crippen LogP) is 1.28. The van der Waals surface area contributed by atoms with Crippen LogP contribution in [-0.4, -0.2) is 9.36 Å². The Labute approximate surface area is 82.2 Å². The van der Waals surface area contributed by atoms with Crippen molar-refractivity contribution in [2.45, 2.75) is 6.92 Å². The molecule has 3 heteroatoms. The molecule has 3 nitrogen and oxygen atoms in total. The summed E-state index contributed by atoms with van der Waals surface area (Å²) in [5.74, 6) is 0. The van der Waals surface area contributed by atoms with Gasteiger partial charge in [-0.1, -0.05) is 18.2 Å². The van der Waals surface area contributed by atoms with Gasteiger partial charge in [0.2, 0.25) is 0 Å². The summed E-state index contributed by atoms with van der Waals surface area (Å²) in [6.07, 6.45) is 0. The van der Waals surface area contributed by atoms with E-state index < -0.39 is 0 Å². The third-order valence-corrected chi connectivity index (χ3v) is 2.27. The maximum atomic E-state index is 11.5. The van der Waals surface area contributed by atoms with E-state index in [1.165, 1.54) is 0 Å². The fourth-order valence-electron chi connectivity index (χ4n) is 1.43. The molecule has 0 aliphatic heterocycles. The average molecular weight is 187 g/mol. The highest BCUT2D eigenvalue weighted by molar-refractivity contribution is 5.30. The van der Waals surface area contributed by atoms with E-state index in [0.29, 0.717) is 0 Å². The van der Waals surface area contributed by atoms with Crippen molar-refractivity contribution < 1.29 is 0 Å².